The fourth-order valence-electron chi connectivity index (χ4n) is 3.62. The highest BCUT2D eigenvalue weighted by Crippen LogP contribution is 2.26. The van der Waals surface area contributed by atoms with Gasteiger partial charge in [-0.1, -0.05) is 0 Å². The summed E-state index contributed by atoms with van der Waals surface area (Å²) in [4.78, 5) is 11.5. The molecule has 1 fully saturated rings. The Labute approximate surface area is 186 Å². The van der Waals surface area contributed by atoms with Gasteiger partial charge in [0.2, 0.25) is 21.8 Å². The van der Waals surface area contributed by atoms with Crippen molar-refractivity contribution in [1.82, 2.24) is 24.3 Å². The molecule has 1 N–H and O–H groups in total. The van der Waals surface area contributed by atoms with E-state index in [4.69, 9.17) is 4.74 Å². The fraction of sp³-hybridized carbons (Fsp3) is 0.333. The van der Waals surface area contributed by atoms with Crippen molar-refractivity contribution >= 4 is 21.6 Å². The first kappa shape index (κ1) is 21.9. The molecule has 32 heavy (non-hydrogen) atoms. The van der Waals surface area contributed by atoms with E-state index in [1.165, 1.54) is 17.3 Å². The third-order valence-corrected chi connectivity index (χ3v) is 7.23. The van der Waals surface area contributed by atoms with Crippen molar-refractivity contribution in [3.8, 4) is 11.7 Å². The van der Waals surface area contributed by atoms with Crippen LogP contribution in [0.25, 0.3) is 5.82 Å². The molecule has 168 valence electrons. The molecule has 1 aliphatic heterocycles. The molecule has 0 unspecified atom stereocenters. The Morgan fingerprint density at radius 2 is 1.94 bits per heavy atom. The molecular weight excluding hydrogens is 432 g/mol. The van der Waals surface area contributed by atoms with Crippen LogP contribution in [-0.4, -0.2) is 57.8 Å². The van der Waals surface area contributed by atoms with E-state index in [-0.39, 0.29) is 16.9 Å². The van der Waals surface area contributed by atoms with Gasteiger partial charge in [0.15, 0.2) is 5.82 Å². The van der Waals surface area contributed by atoms with E-state index in [1.54, 1.807) is 54.3 Å². The lowest BCUT2D eigenvalue weighted by Gasteiger charge is -2.31. The van der Waals surface area contributed by atoms with Gasteiger partial charge >= 0.3 is 0 Å². The summed E-state index contributed by atoms with van der Waals surface area (Å²) in [6.07, 6.45) is 4.38. The van der Waals surface area contributed by atoms with Gasteiger partial charge in [0.1, 0.15) is 6.10 Å². The smallest absolute Gasteiger partial charge is 0.243 e. The molecule has 3 aromatic rings. The quantitative estimate of drug-likeness (QED) is 0.604. The molecule has 1 saturated heterocycles. The number of rotatable bonds is 6. The number of piperidine rings is 1. The van der Waals surface area contributed by atoms with Gasteiger partial charge in [-0.15, -0.1) is 10.2 Å². The molecule has 1 amide bonds. The first-order valence-electron chi connectivity index (χ1n) is 10.2. The van der Waals surface area contributed by atoms with Crippen LogP contribution in [0.4, 0.5) is 5.69 Å². The summed E-state index contributed by atoms with van der Waals surface area (Å²) in [5, 5.41) is 15.0. The van der Waals surface area contributed by atoms with Crippen LogP contribution in [0.5, 0.6) is 5.88 Å². The monoisotopic (exact) mass is 456 g/mol. The van der Waals surface area contributed by atoms with Crippen LogP contribution in [0, 0.1) is 6.92 Å². The van der Waals surface area contributed by atoms with E-state index < -0.39 is 10.0 Å². The second-order valence-corrected chi connectivity index (χ2v) is 9.47. The van der Waals surface area contributed by atoms with Gasteiger partial charge < -0.3 is 10.1 Å². The van der Waals surface area contributed by atoms with Crippen molar-refractivity contribution in [1.29, 1.82) is 0 Å². The summed E-state index contributed by atoms with van der Waals surface area (Å²) in [7, 11) is -3.64. The molecule has 1 aromatic carbocycles. The molecule has 3 heterocycles. The zero-order valence-corrected chi connectivity index (χ0v) is 18.6. The number of nitrogens with zero attached hydrogens (tertiary/aromatic N) is 5. The topological polar surface area (TPSA) is 119 Å². The van der Waals surface area contributed by atoms with Crippen molar-refractivity contribution in [2.75, 3.05) is 18.4 Å². The Morgan fingerprint density at radius 3 is 2.53 bits per heavy atom. The van der Waals surface area contributed by atoms with Crippen LogP contribution in [0.15, 0.2) is 53.7 Å². The van der Waals surface area contributed by atoms with Gasteiger partial charge in [0, 0.05) is 44.2 Å². The average molecular weight is 457 g/mol. The number of hydrogen-bond donors (Lipinski definition) is 1. The molecule has 0 radical (unpaired) electrons. The number of carbonyl (C=O) groups is 1. The minimum Gasteiger partial charge on any atom is -0.473 e. The molecule has 4 rings (SSSR count). The summed E-state index contributed by atoms with van der Waals surface area (Å²) in [6.45, 7) is 3.82. The largest absolute Gasteiger partial charge is 0.473 e. The minimum absolute atomic E-state index is 0.144. The van der Waals surface area contributed by atoms with Gasteiger partial charge in [-0.25, -0.2) is 13.1 Å². The van der Waals surface area contributed by atoms with Gasteiger partial charge in [-0.2, -0.15) is 9.40 Å². The number of nitrogens with one attached hydrogen (secondary N) is 1. The van der Waals surface area contributed by atoms with Crippen molar-refractivity contribution in [2.45, 2.75) is 37.7 Å². The first-order valence-corrected chi connectivity index (χ1v) is 11.7. The normalized spacial score (nSPS) is 15.4. The molecule has 0 spiro atoms. The maximum absolute atomic E-state index is 13.1. The molecule has 0 saturated carbocycles. The Balaban J connectivity index is 1.37. The number of anilines is 1. The predicted octanol–water partition coefficient (Wildman–Crippen LogP) is 2.16. The maximum Gasteiger partial charge on any atom is 0.243 e. The summed E-state index contributed by atoms with van der Waals surface area (Å²) >= 11 is 0. The standard InChI is InChI=1S/C21H24N6O4S/c1-15-14-17(23-16(2)28)4-5-19(15)32(29,30)26-12-8-18(9-13-26)31-21-7-6-20(24-25-21)27-11-3-10-22-27/h3-7,10-11,14,18H,8-9,12-13H2,1-2H3,(H,23,28). The Hall–Kier alpha value is -3.31. The Kier molecular flexibility index (Phi) is 6.19. The SMILES string of the molecule is CC(=O)Nc1ccc(S(=O)(=O)N2CCC(Oc3ccc(-n4cccn4)nn3)CC2)c(C)c1. The molecule has 11 heteroatoms. The average Bonchev–Trinajstić information content (AvgIpc) is 3.29. The van der Waals surface area contributed by atoms with E-state index in [0.29, 0.717) is 48.9 Å². The van der Waals surface area contributed by atoms with Crippen LogP contribution >= 0.6 is 0 Å². The van der Waals surface area contributed by atoms with Crippen LogP contribution in [-0.2, 0) is 14.8 Å². The second kappa shape index (κ2) is 9.05. The van der Waals surface area contributed by atoms with Crippen molar-refractivity contribution in [3.05, 3.63) is 54.4 Å². The van der Waals surface area contributed by atoms with Crippen LogP contribution in [0.1, 0.15) is 25.3 Å². The molecule has 0 atom stereocenters. The first-order chi connectivity index (χ1) is 15.3. The van der Waals surface area contributed by atoms with Crippen molar-refractivity contribution in [2.24, 2.45) is 0 Å². The highest BCUT2D eigenvalue weighted by molar-refractivity contribution is 7.89. The molecule has 0 bridgehead atoms. The summed E-state index contributed by atoms with van der Waals surface area (Å²) in [5.41, 5.74) is 1.16. The van der Waals surface area contributed by atoms with E-state index >= 15 is 0 Å². The van der Waals surface area contributed by atoms with Gasteiger partial charge in [-0.05, 0) is 55.7 Å². The van der Waals surface area contributed by atoms with E-state index in [1.807, 2.05) is 0 Å². The fourth-order valence-corrected chi connectivity index (χ4v) is 5.30. The molecule has 1 aliphatic rings. The highest BCUT2D eigenvalue weighted by Gasteiger charge is 2.31. The highest BCUT2D eigenvalue weighted by atomic mass is 32.2. The maximum atomic E-state index is 13.1. The molecular formula is C21H24N6O4S. The number of aromatic nitrogens is 4. The Bertz CT molecular complexity index is 1190. The number of amides is 1. The zero-order valence-electron chi connectivity index (χ0n) is 17.8. The minimum atomic E-state index is -3.64. The number of benzene rings is 1. The van der Waals surface area contributed by atoms with Gasteiger partial charge in [0.05, 0.1) is 4.90 Å². The van der Waals surface area contributed by atoms with E-state index in [2.05, 4.69) is 20.6 Å². The Morgan fingerprint density at radius 1 is 1.16 bits per heavy atom. The van der Waals surface area contributed by atoms with Gasteiger partial charge in [-0.3, -0.25) is 4.79 Å². The number of carbonyl (C=O) groups excluding carboxylic acids is 1. The lowest BCUT2D eigenvalue weighted by Crippen LogP contribution is -2.42. The van der Waals surface area contributed by atoms with Crippen LogP contribution in [0.3, 0.4) is 0 Å². The van der Waals surface area contributed by atoms with Crippen molar-refractivity contribution < 1.29 is 17.9 Å². The lowest BCUT2D eigenvalue weighted by atomic mass is 10.1. The molecule has 0 aliphatic carbocycles. The third kappa shape index (κ3) is 4.78. The van der Waals surface area contributed by atoms with E-state index in [9.17, 15) is 13.2 Å². The number of hydrogen-bond acceptors (Lipinski definition) is 7. The lowest BCUT2D eigenvalue weighted by molar-refractivity contribution is -0.114. The number of aryl methyl sites for hydroxylation is 1. The molecule has 2 aromatic heterocycles. The summed E-state index contributed by atoms with van der Waals surface area (Å²) < 4.78 is 35.2. The zero-order chi connectivity index (χ0) is 22.7. The second-order valence-electron chi connectivity index (χ2n) is 7.56. The van der Waals surface area contributed by atoms with Crippen molar-refractivity contribution in [3.63, 3.8) is 0 Å². The summed E-state index contributed by atoms with van der Waals surface area (Å²) in [6, 6.07) is 10.1. The van der Waals surface area contributed by atoms with Crippen LogP contribution in [0.2, 0.25) is 0 Å². The number of sulfonamides is 1. The third-order valence-electron chi connectivity index (χ3n) is 5.17. The molecule has 10 nitrogen and oxygen atoms in total. The predicted molar refractivity (Wildman–Crippen MR) is 117 cm³/mol. The van der Waals surface area contributed by atoms with Gasteiger partial charge in [0.25, 0.3) is 0 Å². The van der Waals surface area contributed by atoms with E-state index in [0.717, 1.165) is 0 Å². The number of ether oxygens (including phenoxy) is 1. The summed E-state index contributed by atoms with van der Waals surface area (Å²) in [5.74, 6) is 0.776. The van der Waals surface area contributed by atoms with Crippen LogP contribution < -0.4 is 10.1 Å².